The number of carboxylic acid groups (broad SMARTS) is 1. The van der Waals surface area contributed by atoms with Gasteiger partial charge in [0.15, 0.2) is 16.7 Å². The molecule has 1 aliphatic rings. The summed E-state index contributed by atoms with van der Waals surface area (Å²) in [5.41, 5.74) is 1.42. The summed E-state index contributed by atoms with van der Waals surface area (Å²) in [5.74, 6) is 0.00355. The van der Waals surface area contributed by atoms with Crippen LogP contribution in [0, 0.1) is 0 Å². The van der Waals surface area contributed by atoms with Crippen molar-refractivity contribution in [3.8, 4) is 11.5 Å². The summed E-state index contributed by atoms with van der Waals surface area (Å²) < 4.78 is 10.6. The molecule has 0 spiro atoms. The van der Waals surface area contributed by atoms with Gasteiger partial charge >= 0.3 is 5.97 Å². The number of benzene rings is 2. The number of carbonyl (C=O) groups is 2. The van der Waals surface area contributed by atoms with Gasteiger partial charge in [0, 0.05) is 6.54 Å². The molecule has 0 radical (unpaired) electrons. The van der Waals surface area contributed by atoms with E-state index in [-0.39, 0.29) is 11.5 Å². The van der Waals surface area contributed by atoms with Crippen LogP contribution < -0.4 is 9.47 Å². The number of rotatable bonds is 6. The van der Waals surface area contributed by atoms with Crippen LogP contribution in [0.1, 0.15) is 22.8 Å². The fourth-order valence-electron chi connectivity index (χ4n) is 2.78. The second-order valence-corrected chi connectivity index (χ2v) is 7.03. The van der Waals surface area contributed by atoms with Crippen LogP contribution in [0.4, 0.5) is 5.69 Å². The van der Waals surface area contributed by atoms with E-state index in [1.165, 1.54) is 23.9 Å². The Morgan fingerprint density at radius 2 is 1.93 bits per heavy atom. The molecule has 1 saturated heterocycles. The maximum Gasteiger partial charge on any atom is 0.335 e. The Morgan fingerprint density at radius 3 is 2.59 bits per heavy atom. The lowest BCUT2D eigenvalue weighted by Gasteiger charge is -2.12. The van der Waals surface area contributed by atoms with Crippen molar-refractivity contribution in [2.45, 2.75) is 6.92 Å². The summed E-state index contributed by atoms with van der Waals surface area (Å²) in [6.45, 7) is 2.31. The first-order valence-corrected chi connectivity index (χ1v) is 9.64. The van der Waals surface area contributed by atoms with E-state index in [1.54, 1.807) is 49.5 Å². The van der Waals surface area contributed by atoms with E-state index in [2.05, 4.69) is 4.99 Å². The third kappa shape index (κ3) is 4.43. The van der Waals surface area contributed by atoms with Gasteiger partial charge in [0.2, 0.25) is 0 Å². The minimum Gasteiger partial charge on any atom is -0.493 e. The molecular formula is C21H20N2O5S. The van der Waals surface area contributed by atoms with Crippen LogP contribution in [0.2, 0.25) is 0 Å². The molecule has 0 unspecified atom stereocenters. The lowest BCUT2D eigenvalue weighted by atomic mass is 10.2. The van der Waals surface area contributed by atoms with Gasteiger partial charge in [-0.25, -0.2) is 9.79 Å². The van der Waals surface area contributed by atoms with Crippen molar-refractivity contribution in [3.05, 3.63) is 58.5 Å². The molecule has 7 nitrogen and oxygen atoms in total. The van der Waals surface area contributed by atoms with Crippen molar-refractivity contribution in [1.29, 1.82) is 0 Å². The number of amides is 1. The number of hydrogen-bond acceptors (Lipinski definition) is 6. The Labute approximate surface area is 172 Å². The number of ether oxygens (including phenoxy) is 2. The Hall–Kier alpha value is -3.26. The number of carboxylic acids is 1. The van der Waals surface area contributed by atoms with Crippen molar-refractivity contribution in [2.75, 3.05) is 20.8 Å². The van der Waals surface area contributed by atoms with E-state index in [0.717, 1.165) is 5.56 Å². The third-order valence-electron chi connectivity index (χ3n) is 4.23. The van der Waals surface area contributed by atoms with Gasteiger partial charge < -0.3 is 14.6 Å². The number of thioether (sulfide) groups is 1. The van der Waals surface area contributed by atoms with E-state index in [1.807, 2.05) is 13.0 Å². The van der Waals surface area contributed by atoms with Gasteiger partial charge in [-0.15, -0.1) is 0 Å². The summed E-state index contributed by atoms with van der Waals surface area (Å²) in [4.78, 5) is 30.5. The second-order valence-electron chi connectivity index (χ2n) is 6.02. The van der Waals surface area contributed by atoms with Gasteiger partial charge in [-0.3, -0.25) is 9.69 Å². The van der Waals surface area contributed by atoms with Crippen molar-refractivity contribution < 1.29 is 24.2 Å². The second kappa shape index (κ2) is 8.83. The molecule has 29 heavy (non-hydrogen) atoms. The van der Waals surface area contributed by atoms with E-state index in [9.17, 15) is 9.59 Å². The van der Waals surface area contributed by atoms with Crippen molar-refractivity contribution in [1.82, 2.24) is 4.90 Å². The molecule has 0 bridgehead atoms. The molecule has 1 aliphatic heterocycles. The zero-order valence-electron chi connectivity index (χ0n) is 16.2. The van der Waals surface area contributed by atoms with E-state index < -0.39 is 5.97 Å². The van der Waals surface area contributed by atoms with Crippen LogP contribution in [-0.2, 0) is 4.79 Å². The lowest BCUT2D eigenvalue weighted by molar-refractivity contribution is -0.122. The van der Waals surface area contributed by atoms with E-state index >= 15 is 0 Å². The molecule has 0 saturated carbocycles. The van der Waals surface area contributed by atoms with Crippen LogP contribution in [0.5, 0.6) is 11.5 Å². The first-order chi connectivity index (χ1) is 14.0. The number of hydrogen-bond donors (Lipinski definition) is 1. The Bertz CT molecular complexity index is 1020. The normalized spacial score (nSPS) is 16.5. The molecule has 0 atom stereocenters. The summed E-state index contributed by atoms with van der Waals surface area (Å²) in [6.07, 6.45) is 1.77. The molecule has 1 amide bonds. The maximum atomic E-state index is 12.8. The van der Waals surface area contributed by atoms with E-state index in [4.69, 9.17) is 14.6 Å². The minimum absolute atomic E-state index is 0.144. The first-order valence-electron chi connectivity index (χ1n) is 8.82. The van der Waals surface area contributed by atoms with Gasteiger partial charge in [0.1, 0.15) is 0 Å². The van der Waals surface area contributed by atoms with Gasteiger partial charge in [-0.2, -0.15) is 0 Å². The Balaban J connectivity index is 1.94. The highest BCUT2D eigenvalue weighted by Gasteiger charge is 2.32. The number of likely N-dealkylation sites (N-methyl/N-ethyl adjacent to an activating group) is 1. The predicted octanol–water partition coefficient (Wildman–Crippen LogP) is 4.03. The highest BCUT2D eigenvalue weighted by atomic mass is 32.2. The zero-order valence-corrected chi connectivity index (χ0v) is 17.0. The lowest BCUT2D eigenvalue weighted by Crippen LogP contribution is -2.28. The summed E-state index contributed by atoms with van der Waals surface area (Å²) in [5, 5.41) is 9.66. The average Bonchev–Trinajstić information content (AvgIpc) is 3.01. The van der Waals surface area contributed by atoms with Crippen LogP contribution >= 0.6 is 11.8 Å². The summed E-state index contributed by atoms with van der Waals surface area (Å²) in [7, 11) is 3.12. The standard InChI is InChI=1S/C21H20N2O5S/c1-4-23-19(24)18(11-13-8-9-16(27-2)17(10-13)28-3)29-21(23)22-15-7-5-6-14(12-15)20(25)26/h5-12H,4H2,1-3H3,(H,25,26)/b18-11+,22-21?. The first kappa shape index (κ1) is 20.5. The molecule has 1 fully saturated rings. The van der Waals surface area contributed by atoms with Crippen LogP contribution in [0.15, 0.2) is 52.4 Å². The molecule has 2 aromatic carbocycles. The molecule has 150 valence electrons. The molecular weight excluding hydrogens is 392 g/mol. The van der Waals surface area contributed by atoms with Crippen molar-refractivity contribution >= 4 is 40.6 Å². The zero-order chi connectivity index (χ0) is 21.0. The topological polar surface area (TPSA) is 88.4 Å². The van der Waals surface area contributed by atoms with Gasteiger partial charge in [0.05, 0.1) is 30.4 Å². The predicted molar refractivity (Wildman–Crippen MR) is 113 cm³/mol. The minimum atomic E-state index is -1.02. The SMILES string of the molecule is CCN1C(=O)/C(=C\c2ccc(OC)c(OC)c2)SC1=Nc1cccc(C(=O)O)c1. The number of methoxy groups -OCH3 is 2. The van der Waals surface area contributed by atoms with Crippen molar-refractivity contribution in [2.24, 2.45) is 4.99 Å². The fraction of sp³-hybridized carbons (Fsp3) is 0.190. The number of nitrogens with zero attached hydrogens (tertiary/aromatic N) is 2. The van der Waals surface area contributed by atoms with E-state index in [0.29, 0.717) is 33.8 Å². The smallest absolute Gasteiger partial charge is 0.335 e. The number of amidine groups is 1. The highest BCUT2D eigenvalue weighted by Crippen LogP contribution is 2.35. The fourth-order valence-corrected chi connectivity index (χ4v) is 3.85. The summed E-state index contributed by atoms with van der Waals surface area (Å²) in [6, 6.07) is 11.7. The Morgan fingerprint density at radius 1 is 1.17 bits per heavy atom. The molecule has 1 N–H and O–H groups in total. The van der Waals surface area contributed by atoms with Gasteiger partial charge in [0.25, 0.3) is 5.91 Å². The molecule has 0 aliphatic carbocycles. The maximum absolute atomic E-state index is 12.8. The molecule has 1 heterocycles. The van der Waals surface area contributed by atoms with Crippen LogP contribution in [0.3, 0.4) is 0 Å². The van der Waals surface area contributed by atoms with Gasteiger partial charge in [-0.1, -0.05) is 12.1 Å². The van der Waals surface area contributed by atoms with Crippen molar-refractivity contribution in [3.63, 3.8) is 0 Å². The molecule has 3 rings (SSSR count). The number of aromatic carboxylic acids is 1. The quantitative estimate of drug-likeness (QED) is 0.721. The largest absolute Gasteiger partial charge is 0.493 e. The molecule has 8 heteroatoms. The highest BCUT2D eigenvalue weighted by molar-refractivity contribution is 8.18. The molecule has 2 aromatic rings. The third-order valence-corrected chi connectivity index (χ3v) is 5.23. The number of carbonyl (C=O) groups excluding carboxylic acids is 1. The number of aliphatic imine (C=N–C) groups is 1. The monoisotopic (exact) mass is 412 g/mol. The van der Waals surface area contributed by atoms with Gasteiger partial charge in [-0.05, 0) is 60.7 Å². The average molecular weight is 412 g/mol. The summed E-state index contributed by atoms with van der Waals surface area (Å²) >= 11 is 1.25. The Kier molecular flexibility index (Phi) is 6.23. The van der Waals surface area contributed by atoms with Crippen LogP contribution in [-0.4, -0.2) is 47.8 Å². The molecule has 0 aromatic heterocycles. The van der Waals surface area contributed by atoms with Crippen LogP contribution in [0.25, 0.3) is 6.08 Å².